The third-order valence-electron chi connectivity index (χ3n) is 3.80. The van der Waals surface area contributed by atoms with Crippen LogP contribution in [0.1, 0.15) is 10.4 Å². The second-order valence-electron chi connectivity index (χ2n) is 5.73. The number of rotatable bonds is 6. The molecule has 0 unspecified atom stereocenters. The third kappa shape index (κ3) is 4.28. The number of carbonyl (C=O) groups is 1. The van der Waals surface area contributed by atoms with E-state index in [4.69, 9.17) is 0 Å². The first kappa shape index (κ1) is 18.7. The van der Waals surface area contributed by atoms with Gasteiger partial charge in [-0.1, -0.05) is 6.07 Å². The van der Waals surface area contributed by atoms with Crippen molar-refractivity contribution in [2.45, 2.75) is 4.90 Å². The van der Waals surface area contributed by atoms with E-state index in [1.165, 1.54) is 52.8 Å². The summed E-state index contributed by atoms with van der Waals surface area (Å²) in [5, 5.41) is 15.6. The number of tetrazole rings is 1. The highest BCUT2D eigenvalue weighted by molar-refractivity contribution is 7.93. The van der Waals surface area contributed by atoms with Crippen LogP contribution in [-0.2, 0) is 10.0 Å². The second kappa shape index (κ2) is 7.77. The summed E-state index contributed by atoms with van der Waals surface area (Å²) < 4.78 is 28.5. The minimum absolute atomic E-state index is 0.0615. The number of amides is 1. The maximum Gasteiger partial charge on any atom is 0.263 e. The minimum Gasteiger partial charge on any atom is -0.322 e. The lowest BCUT2D eigenvalue weighted by molar-refractivity contribution is 0.102. The average Bonchev–Trinajstić information content (AvgIpc) is 3.42. The minimum atomic E-state index is -3.75. The van der Waals surface area contributed by atoms with E-state index >= 15 is 0 Å². The van der Waals surface area contributed by atoms with Gasteiger partial charge in [-0.2, -0.15) is 0 Å². The number of hydrogen-bond donors (Lipinski definition) is 2. The van der Waals surface area contributed by atoms with Crippen LogP contribution in [0.2, 0.25) is 0 Å². The monoisotopic (exact) mass is 427 g/mol. The number of benzene rings is 2. The van der Waals surface area contributed by atoms with Gasteiger partial charge in [0.05, 0.1) is 10.6 Å². The summed E-state index contributed by atoms with van der Waals surface area (Å²) in [5.41, 5.74) is 1.49. The van der Waals surface area contributed by atoms with Crippen molar-refractivity contribution in [3.8, 4) is 5.69 Å². The Morgan fingerprint density at radius 1 is 1.10 bits per heavy atom. The van der Waals surface area contributed by atoms with E-state index in [2.05, 4.69) is 30.5 Å². The van der Waals surface area contributed by atoms with Crippen LogP contribution in [0.4, 0.5) is 10.8 Å². The zero-order valence-corrected chi connectivity index (χ0v) is 16.3. The molecule has 0 aliphatic heterocycles. The van der Waals surface area contributed by atoms with Gasteiger partial charge in [-0.3, -0.25) is 9.52 Å². The van der Waals surface area contributed by atoms with E-state index in [0.717, 1.165) is 0 Å². The van der Waals surface area contributed by atoms with Crippen LogP contribution in [0.15, 0.2) is 71.3 Å². The van der Waals surface area contributed by atoms with Gasteiger partial charge in [-0.25, -0.2) is 18.1 Å². The summed E-state index contributed by atoms with van der Waals surface area (Å²) in [6, 6.07) is 12.6. The molecule has 2 heterocycles. The first-order valence-electron chi connectivity index (χ1n) is 8.18. The predicted octanol–water partition coefficient (Wildman–Crippen LogP) is 2.17. The number of carbonyl (C=O) groups excluding carboxylic acids is 1. The molecule has 12 heteroatoms. The Morgan fingerprint density at radius 3 is 2.62 bits per heavy atom. The molecular formula is C17H13N7O3S2. The molecule has 0 saturated carbocycles. The van der Waals surface area contributed by atoms with Crippen molar-refractivity contribution < 1.29 is 13.2 Å². The Morgan fingerprint density at radius 2 is 1.93 bits per heavy atom. The second-order valence-corrected chi connectivity index (χ2v) is 8.30. The standard InChI is InChI=1S/C17H13N7O3S2/c25-16(12-2-1-3-14(10-12)24-11-19-22-23-24)20-13-4-6-15(7-5-13)29(26,27)21-17-18-8-9-28-17/h1-11H,(H,18,21)(H,20,25). The van der Waals surface area contributed by atoms with Crippen molar-refractivity contribution in [1.29, 1.82) is 0 Å². The molecule has 0 aliphatic carbocycles. The summed E-state index contributed by atoms with van der Waals surface area (Å²) in [6.07, 6.45) is 2.94. The van der Waals surface area contributed by atoms with E-state index in [-0.39, 0.29) is 15.9 Å². The fourth-order valence-corrected chi connectivity index (χ4v) is 4.23. The fourth-order valence-electron chi connectivity index (χ4n) is 2.44. The predicted molar refractivity (Wildman–Crippen MR) is 106 cm³/mol. The Labute approximate surface area is 169 Å². The van der Waals surface area contributed by atoms with Gasteiger partial charge in [-0.15, -0.1) is 16.4 Å². The van der Waals surface area contributed by atoms with Crippen molar-refractivity contribution in [3.05, 3.63) is 72.0 Å². The molecule has 29 heavy (non-hydrogen) atoms. The Bertz CT molecular complexity index is 1220. The first-order chi connectivity index (χ1) is 14.0. The smallest absolute Gasteiger partial charge is 0.263 e. The van der Waals surface area contributed by atoms with Crippen LogP contribution in [-0.4, -0.2) is 39.5 Å². The number of aromatic nitrogens is 5. The highest BCUT2D eigenvalue weighted by Gasteiger charge is 2.16. The van der Waals surface area contributed by atoms with Gasteiger partial charge in [0.2, 0.25) is 0 Å². The molecular weight excluding hydrogens is 414 g/mol. The molecule has 0 saturated heterocycles. The molecule has 0 fully saturated rings. The summed E-state index contributed by atoms with van der Waals surface area (Å²) in [6.45, 7) is 0. The molecule has 1 amide bonds. The number of nitrogens with one attached hydrogen (secondary N) is 2. The molecule has 2 aromatic heterocycles. The molecule has 0 radical (unpaired) electrons. The number of anilines is 2. The Kier molecular flexibility index (Phi) is 5.01. The van der Waals surface area contributed by atoms with Crippen molar-refractivity contribution in [1.82, 2.24) is 25.2 Å². The number of thiazole rings is 1. The van der Waals surface area contributed by atoms with Crippen LogP contribution in [0.5, 0.6) is 0 Å². The van der Waals surface area contributed by atoms with Crippen molar-refractivity contribution in [2.24, 2.45) is 0 Å². The van der Waals surface area contributed by atoms with E-state index in [1.54, 1.807) is 29.6 Å². The summed E-state index contributed by atoms with van der Waals surface area (Å²) in [4.78, 5) is 16.5. The van der Waals surface area contributed by atoms with Crippen LogP contribution in [0.25, 0.3) is 5.69 Å². The van der Waals surface area contributed by atoms with Gasteiger partial charge >= 0.3 is 0 Å². The molecule has 4 aromatic rings. The molecule has 0 spiro atoms. The van der Waals surface area contributed by atoms with E-state index in [9.17, 15) is 13.2 Å². The van der Waals surface area contributed by atoms with Gasteiger partial charge in [-0.05, 0) is 52.9 Å². The molecule has 10 nitrogen and oxygen atoms in total. The van der Waals surface area contributed by atoms with Gasteiger partial charge in [0, 0.05) is 22.8 Å². The van der Waals surface area contributed by atoms with Gasteiger partial charge in [0.25, 0.3) is 15.9 Å². The van der Waals surface area contributed by atoms with Gasteiger partial charge in [0.1, 0.15) is 6.33 Å². The molecule has 0 atom stereocenters. The van der Waals surface area contributed by atoms with Crippen LogP contribution in [0.3, 0.4) is 0 Å². The SMILES string of the molecule is O=C(Nc1ccc(S(=O)(=O)Nc2nccs2)cc1)c1cccc(-n2cnnn2)c1. The number of hydrogen-bond acceptors (Lipinski definition) is 8. The topological polar surface area (TPSA) is 132 Å². The molecule has 2 N–H and O–H groups in total. The highest BCUT2D eigenvalue weighted by Crippen LogP contribution is 2.20. The van der Waals surface area contributed by atoms with Gasteiger partial charge in [0.15, 0.2) is 5.13 Å². The Balaban J connectivity index is 1.48. The van der Waals surface area contributed by atoms with Crippen molar-refractivity contribution in [3.63, 3.8) is 0 Å². The maximum atomic E-state index is 12.5. The summed E-state index contributed by atoms with van der Waals surface area (Å²) in [7, 11) is -3.75. The van der Waals surface area contributed by atoms with Gasteiger partial charge < -0.3 is 5.32 Å². The van der Waals surface area contributed by atoms with E-state index in [0.29, 0.717) is 16.9 Å². The normalized spacial score (nSPS) is 11.2. The maximum absolute atomic E-state index is 12.5. The molecule has 2 aromatic carbocycles. The number of sulfonamides is 1. The molecule has 4 rings (SSSR count). The van der Waals surface area contributed by atoms with Crippen molar-refractivity contribution >= 4 is 38.1 Å². The molecule has 0 aliphatic rings. The fraction of sp³-hybridized carbons (Fsp3) is 0. The molecule has 0 bridgehead atoms. The lowest BCUT2D eigenvalue weighted by atomic mass is 10.2. The van der Waals surface area contributed by atoms with E-state index in [1.807, 2.05) is 0 Å². The lowest BCUT2D eigenvalue weighted by Crippen LogP contribution is -2.14. The first-order valence-corrected chi connectivity index (χ1v) is 10.5. The van der Waals surface area contributed by atoms with E-state index < -0.39 is 10.0 Å². The summed E-state index contributed by atoms with van der Waals surface area (Å²) >= 11 is 1.18. The van der Waals surface area contributed by atoms with Crippen LogP contribution in [0, 0.1) is 0 Å². The van der Waals surface area contributed by atoms with Crippen LogP contribution >= 0.6 is 11.3 Å². The highest BCUT2D eigenvalue weighted by atomic mass is 32.2. The zero-order valence-electron chi connectivity index (χ0n) is 14.6. The average molecular weight is 427 g/mol. The largest absolute Gasteiger partial charge is 0.322 e. The number of nitrogens with zero attached hydrogens (tertiary/aromatic N) is 5. The molecule has 146 valence electrons. The summed E-state index contributed by atoms with van der Waals surface area (Å²) in [5.74, 6) is -0.351. The Hall–Kier alpha value is -3.64. The third-order valence-corrected chi connectivity index (χ3v) is 5.97. The quantitative estimate of drug-likeness (QED) is 0.482. The van der Waals surface area contributed by atoms with Crippen molar-refractivity contribution in [2.75, 3.05) is 10.0 Å². The van der Waals surface area contributed by atoms with Crippen LogP contribution < -0.4 is 10.0 Å². The lowest BCUT2D eigenvalue weighted by Gasteiger charge is -2.09. The zero-order chi connectivity index (χ0) is 20.3.